The van der Waals surface area contributed by atoms with Gasteiger partial charge in [-0.15, -0.1) is 11.6 Å². The van der Waals surface area contributed by atoms with Gasteiger partial charge < -0.3 is 9.84 Å². The van der Waals surface area contributed by atoms with E-state index in [0.29, 0.717) is 27.2 Å². The number of carboxylic acid groups (broad SMARTS) is 1. The van der Waals surface area contributed by atoms with Gasteiger partial charge >= 0.3 is 5.97 Å². The minimum atomic E-state index is -1.18. The summed E-state index contributed by atoms with van der Waals surface area (Å²) in [6.07, 6.45) is 0. The molecule has 4 nitrogen and oxygen atoms in total. The van der Waals surface area contributed by atoms with Crippen molar-refractivity contribution in [2.24, 2.45) is 0 Å². The highest BCUT2D eigenvalue weighted by Gasteiger charge is 2.20. The number of aromatic carboxylic acids is 1. The number of nitrogens with zero attached hydrogens (tertiary/aromatic N) is 1. The Morgan fingerprint density at radius 2 is 2.11 bits per heavy atom. The Morgan fingerprint density at radius 3 is 2.63 bits per heavy atom. The van der Waals surface area contributed by atoms with Crippen LogP contribution < -0.4 is 4.74 Å². The third kappa shape index (κ3) is 2.43. The third-order valence-electron chi connectivity index (χ3n) is 2.67. The SMILES string of the molecule is COc1cc2c(CCl)c(C(=O)O)c(Cl)nc2cc1Cl. The smallest absolute Gasteiger partial charge is 0.339 e. The van der Waals surface area contributed by atoms with Gasteiger partial charge in [0, 0.05) is 11.3 Å². The van der Waals surface area contributed by atoms with Crippen LogP contribution in [0.5, 0.6) is 5.75 Å². The molecule has 2 rings (SSSR count). The minimum absolute atomic E-state index is 0.00877. The fourth-order valence-electron chi connectivity index (χ4n) is 1.81. The number of ether oxygens (including phenoxy) is 1. The van der Waals surface area contributed by atoms with Crippen LogP contribution in [0.4, 0.5) is 0 Å². The van der Waals surface area contributed by atoms with E-state index in [1.165, 1.54) is 7.11 Å². The van der Waals surface area contributed by atoms with E-state index in [1.807, 2.05) is 0 Å². The first-order valence-electron chi connectivity index (χ1n) is 5.14. The van der Waals surface area contributed by atoms with Crippen LogP contribution >= 0.6 is 34.8 Å². The molecule has 0 aliphatic rings. The van der Waals surface area contributed by atoms with Crippen molar-refractivity contribution in [3.8, 4) is 5.75 Å². The number of pyridine rings is 1. The molecule has 0 spiro atoms. The molecule has 2 aromatic rings. The lowest BCUT2D eigenvalue weighted by atomic mass is 10.0. The highest BCUT2D eigenvalue weighted by molar-refractivity contribution is 6.34. The molecule has 0 aliphatic heterocycles. The molecule has 0 radical (unpaired) electrons. The number of rotatable bonds is 3. The lowest BCUT2D eigenvalue weighted by Gasteiger charge is -2.11. The van der Waals surface area contributed by atoms with Gasteiger partial charge in [-0.25, -0.2) is 9.78 Å². The normalized spacial score (nSPS) is 10.7. The number of carboxylic acids is 1. The zero-order chi connectivity index (χ0) is 14.2. The number of methoxy groups -OCH3 is 1. The number of aromatic nitrogens is 1. The number of halogens is 3. The Kier molecular flexibility index (Phi) is 4.04. The number of hydrogen-bond acceptors (Lipinski definition) is 3. The fourth-order valence-corrected chi connectivity index (χ4v) is 2.61. The summed E-state index contributed by atoms with van der Waals surface area (Å²) in [5.74, 6) is -0.768. The summed E-state index contributed by atoms with van der Waals surface area (Å²) in [6.45, 7) is 0. The van der Waals surface area contributed by atoms with Gasteiger partial charge in [-0.1, -0.05) is 23.2 Å². The first-order chi connectivity index (χ1) is 8.99. The Morgan fingerprint density at radius 1 is 1.42 bits per heavy atom. The number of hydrogen-bond donors (Lipinski definition) is 1. The fraction of sp³-hybridized carbons (Fsp3) is 0.167. The Labute approximate surface area is 123 Å². The maximum Gasteiger partial charge on any atom is 0.339 e. The molecule has 100 valence electrons. The molecule has 0 saturated heterocycles. The molecule has 1 N–H and O–H groups in total. The number of fused-ring (bicyclic) bond motifs is 1. The van der Waals surface area contributed by atoms with Crippen molar-refractivity contribution >= 4 is 51.7 Å². The van der Waals surface area contributed by atoms with E-state index in [1.54, 1.807) is 12.1 Å². The molecule has 0 aliphatic carbocycles. The van der Waals surface area contributed by atoms with Gasteiger partial charge in [0.1, 0.15) is 16.5 Å². The summed E-state index contributed by atoms with van der Waals surface area (Å²) < 4.78 is 5.10. The summed E-state index contributed by atoms with van der Waals surface area (Å²) in [7, 11) is 1.47. The standard InChI is InChI=1S/C12H8Cl3NO3/c1-19-9-2-5-6(4-13)10(12(17)18)11(15)16-8(5)3-7(9)14/h2-3H,4H2,1H3,(H,17,18). The van der Waals surface area contributed by atoms with E-state index >= 15 is 0 Å². The molecule has 0 amide bonds. The second kappa shape index (κ2) is 5.41. The van der Waals surface area contributed by atoms with Crippen LogP contribution in [-0.4, -0.2) is 23.2 Å². The highest BCUT2D eigenvalue weighted by atomic mass is 35.5. The van der Waals surface area contributed by atoms with E-state index in [9.17, 15) is 9.90 Å². The van der Waals surface area contributed by atoms with Gasteiger partial charge in [0.25, 0.3) is 0 Å². The highest BCUT2D eigenvalue weighted by Crippen LogP contribution is 2.34. The van der Waals surface area contributed by atoms with Gasteiger partial charge in [-0.3, -0.25) is 0 Å². The predicted molar refractivity (Wildman–Crippen MR) is 74.8 cm³/mol. The van der Waals surface area contributed by atoms with Gasteiger partial charge in [0.05, 0.1) is 17.6 Å². The van der Waals surface area contributed by atoms with Crippen LogP contribution in [0.15, 0.2) is 12.1 Å². The molecule has 0 unspecified atom stereocenters. The molecule has 1 heterocycles. The Hall–Kier alpha value is -1.23. The van der Waals surface area contributed by atoms with Crippen molar-refractivity contribution in [1.29, 1.82) is 0 Å². The summed E-state index contributed by atoms with van der Waals surface area (Å²) in [4.78, 5) is 15.3. The summed E-state index contributed by atoms with van der Waals surface area (Å²) in [6, 6.07) is 3.16. The largest absolute Gasteiger partial charge is 0.495 e. The number of carbonyl (C=O) groups is 1. The first kappa shape index (κ1) is 14.2. The van der Waals surface area contributed by atoms with Gasteiger partial charge in [0.2, 0.25) is 0 Å². The van der Waals surface area contributed by atoms with E-state index in [0.717, 1.165) is 0 Å². The third-order valence-corrected chi connectivity index (χ3v) is 3.51. The van der Waals surface area contributed by atoms with Crippen molar-refractivity contribution in [2.45, 2.75) is 5.88 Å². The van der Waals surface area contributed by atoms with Crippen LogP contribution in [0.25, 0.3) is 10.9 Å². The molecule has 1 aromatic carbocycles. The quantitative estimate of drug-likeness (QED) is 0.686. The van der Waals surface area contributed by atoms with Gasteiger partial charge in [-0.2, -0.15) is 0 Å². The van der Waals surface area contributed by atoms with Gasteiger partial charge in [-0.05, 0) is 17.7 Å². The van der Waals surface area contributed by atoms with E-state index in [4.69, 9.17) is 39.5 Å². The monoisotopic (exact) mass is 319 g/mol. The van der Waals surface area contributed by atoms with E-state index in [-0.39, 0.29) is 16.6 Å². The molecule has 0 bridgehead atoms. The average molecular weight is 321 g/mol. The van der Waals surface area contributed by atoms with E-state index < -0.39 is 5.97 Å². The summed E-state index contributed by atoms with van der Waals surface area (Å²) in [5.41, 5.74) is 0.754. The molecule has 7 heteroatoms. The van der Waals surface area contributed by atoms with Crippen molar-refractivity contribution < 1.29 is 14.6 Å². The van der Waals surface area contributed by atoms with Crippen LogP contribution in [0.3, 0.4) is 0 Å². The topological polar surface area (TPSA) is 59.4 Å². The molecule has 0 saturated carbocycles. The minimum Gasteiger partial charge on any atom is -0.495 e. The zero-order valence-corrected chi connectivity index (χ0v) is 12.0. The molecule has 19 heavy (non-hydrogen) atoms. The van der Waals surface area contributed by atoms with Crippen molar-refractivity contribution in [1.82, 2.24) is 4.98 Å². The van der Waals surface area contributed by atoms with Crippen LogP contribution in [0, 0.1) is 0 Å². The molecule has 0 atom stereocenters. The first-order valence-corrected chi connectivity index (χ1v) is 6.43. The molecule has 0 fully saturated rings. The van der Waals surface area contributed by atoms with Gasteiger partial charge in [0.15, 0.2) is 0 Å². The average Bonchev–Trinajstić information content (AvgIpc) is 2.35. The lowest BCUT2D eigenvalue weighted by Crippen LogP contribution is -2.05. The second-order valence-electron chi connectivity index (χ2n) is 3.70. The maximum atomic E-state index is 11.2. The van der Waals surface area contributed by atoms with Crippen LogP contribution in [0.2, 0.25) is 10.2 Å². The van der Waals surface area contributed by atoms with E-state index in [2.05, 4.69) is 4.98 Å². The molecule has 1 aromatic heterocycles. The Balaban J connectivity index is 2.91. The zero-order valence-electron chi connectivity index (χ0n) is 9.71. The lowest BCUT2D eigenvalue weighted by molar-refractivity contribution is 0.0696. The van der Waals surface area contributed by atoms with Crippen molar-refractivity contribution in [3.05, 3.63) is 33.4 Å². The summed E-state index contributed by atoms with van der Waals surface area (Å²) in [5, 5.41) is 9.98. The number of benzene rings is 1. The van der Waals surface area contributed by atoms with Crippen LogP contribution in [0.1, 0.15) is 15.9 Å². The number of alkyl halides is 1. The van der Waals surface area contributed by atoms with Crippen molar-refractivity contribution in [2.75, 3.05) is 7.11 Å². The second-order valence-corrected chi connectivity index (χ2v) is 4.73. The summed E-state index contributed by atoms with van der Waals surface area (Å²) >= 11 is 17.7. The maximum absolute atomic E-state index is 11.2. The van der Waals surface area contributed by atoms with Crippen molar-refractivity contribution in [3.63, 3.8) is 0 Å². The van der Waals surface area contributed by atoms with Crippen LogP contribution in [-0.2, 0) is 5.88 Å². The predicted octanol–water partition coefficient (Wildman–Crippen LogP) is 3.99. The molecular formula is C12H8Cl3NO3. The molecular weight excluding hydrogens is 312 g/mol. The Bertz CT molecular complexity index is 673.